The topological polar surface area (TPSA) is 176 Å². The molecule has 4 aliphatic rings. The van der Waals surface area contributed by atoms with Gasteiger partial charge in [0.25, 0.3) is 5.78 Å². The zero-order valence-electron chi connectivity index (χ0n) is 16.6. The van der Waals surface area contributed by atoms with Crippen LogP contribution in [0.2, 0.25) is 0 Å². The fourth-order valence-corrected chi connectivity index (χ4v) is 7.57. The first kappa shape index (κ1) is 20.9. The van der Waals surface area contributed by atoms with Crippen molar-refractivity contribution in [1.29, 1.82) is 0 Å². The fourth-order valence-electron chi connectivity index (χ4n) is 7.57. The molecule has 0 saturated heterocycles. The molecule has 0 aromatic heterocycles. The van der Waals surface area contributed by atoms with E-state index in [2.05, 4.69) is 0 Å². The van der Waals surface area contributed by atoms with Gasteiger partial charge >= 0.3 is 0 Å². The standard InChI is InChI=1S/C20H28O9/c1-8-4-16(2)10(6-19(26,27)15(16)23)9-5-18(24,25)13-12(21)14(22)20(28,29)7-17(13,3)11(8)9/h8-11,21,24-29H,4-7H2,1-3H3/t8-,9?,10?,11?,16?,17?/m0/s1. The highest BCUT2D eigenvalue weighted by Gasteiger charge is 2.72. The molecule has 0 bridgehead atoms. The summed E-state index contributed by atoms with van der Waals surface area (Å²) in [5.41, 5.74) is -2.79. The summed E-state index contributed by atoms with van der Waals surface area (Å²) in [6.45, 7) is 5.02. The molecular weight excluding hydrogens is 384 g/mol. The third-order valence-electron chi connectivity index (χ3n) is 8.20. The summed E-state index contributed by atoms with van der Waals surface area (Å²) in [5.74, 6) is -13.1. The van der Waals surface area contributed by atoms with E-state index >= 15 is 0 Å². The van der Waals surface area contributed by atoms with Crippen molar-refractivity contribution < 1.29 is 45.3 Å². The number of hydrogen-bond donors (Lipinski definition) is 7. The Balaban J connectivity index is 1.91. The SMILES string of the molecule is C[C@H]1CC2(C)C(=O)C(O)(O)CC2C2CC(O)(O)C3=C(O)C(=O)C(O)(O)CC3(C)C21. The maximum Gasteiger partial charge on any atom is 0.255 e. The van der Waals surface area contributed by atoms with Crippen LogP contribution in [-0.4, -0.2) is 64.7 Å². The van der Waals surface area contributed by atoms with Crippen LogP contribution in [0.3, 0.4) is 0 Å². The van der Waals surface area contributed by atoms with Crippen LogP contribution in [0.5, 0.6) is 0 Å². The Hall–Kier alpha value is -1.36. The van der Waals surface area contributed by atoms with E-state index in [1.165, 1.54) is 0 Å². The molecule has 0 aromatic rings. The number of aliphatic hydroxyl groups excluding tert-OH is 1. The van der Waals surface area contributed by atoms with E-state index in [1.54, 1.807) is 13.8 Å². The van der Waals surface area contributed by atoms with Crippen molar-refractivity contribution in [3.8, 4) is 0 Å². The van der Waals surface area contributed by atoms with E-state index in [9.17, 15) is 45.3 Å². The minimum absolute atomic E-state index is 0.268. The van der Waals surface area contributed by atoms with Crippen molar-refractivity contribution in [2.45, 2.75) is 63.8 Å². The Kier molecular flexibility index (Phi) is 3.93. The van der Waals surface area contributed by atoms with Crippen molar-refractivity contribution in [2.24, 2.45) is 34.5 Å². The van der Waals surface area contributed by atoms with E-state index in [4.69, 9.17) is 0 Å². The predicted molar refractivity (Wildman–Crippen MR) is 95.5 cm³/mol. The van der Waals surface area contributed by atoms with Gasteiger partial charge in [-0.25, -0.2) is 0 Å². The second-order valence-corrected chi connectivity index (χ2v) is 10.2. The first-order valence-electron chi connectivity index (χ1n) is 9.87. The molecule has 0 radical (unpaired) electrons. The zero-order chi connectivity index (χ0) is 21.9. The van der Waals surface area contributed by atoms with Crippen LogP contribution in [-0.2, 0) is 9.59 Å². The Bertz CT molecular complexity index is 841. The van der Waals surface area contributed by atoms with Crippen molar-refractivity contribution in [1.82, 2.24) is 0 Å². The lowest BCUT2D eigenvalue weighted by Crippen LogP contribution is -2.64. The number of ketones is 2. The molecule has 3 saturated carbocycles. The third-order valence-corrected chi connectivity index (χ3v) is 8.20. The second kappa shape index (κ2) is 5.46. The lowest BCUT2D eigenvalue weighted by molar-refractivity contribution is -0.245. The first-order valence-corrected chi connectivity index (χ1v) is 9.87. The predicted octanol–water partition coefficient (Wildman–Crippen LogP) is -0.909. The van der Waals surface area contributed by atoms with E-state index in [0.29, 0.717) is 0 Å². The molecule has 7 N–H and O–H groups in total. The number of hydrogen-bond acceptors (Lipinski definition) is 9. The van der Waals surface area contributed by atoms with Crippen molar-refractivity contribution in [2.75, 3.05) is 0 Å². The smallest absolute Gasteiger partial charge is 0.255 e. The maximum absolute atomic E-state index is 12.7. The van der Waals surface area contributed by atoms with Crippen molar-refractivity contribution in [3.05, 3.63) is 11.3 Å². The molecular formula is C20H28O9. The monoisotopic (exact) mass is 412 g/mol. The molecule has 9 nitrogen and oxygen atoms in total. The van der Waals surface area contributed by atoms with Gasteiger partial charge in [0.15, 0.2) is 17.3 Å². The Morgan fingerprint density at radius 3 is 2.00 bits per heavy atom. The van der Waals surface area contributed by atoms with Crippen LogP contribution in [0.1, 0.15) is 46.5 Å². The van der Waals surface area contributed by atoms with Gasteiger partial charge in [-0.2, -0.15) is 0 Å². The van der Waals surface area contributed by atoms with Gasteiger partial charge in [0.05, 0.1) is 0 Å². The lowest BCUT2D eigenvalue weighted by Gasteiger charge is -2.62. The molecule has 0 amide bonds. The summed E-state index contributed by atoms with van der Waals surface area (Å²) in [6, 6.07) is 0. The molecule has 0 aliphatic heterocycles. The Labute approximate surface area is 167 Å². The first-order chi connectivity index (χ1) is 13.0. The highest BCUT2D eigenvalue weighted by atomic mass is 16.5. The van der Waals surface area contributed by atoms with Gasteiger partial charge in [-0.3, -0.25) is 9.59 Å². The van der Waals surface area contributed by atoms with Crippen LogP contribution in [0, 0.1) is 34.5 Å². The van der Waals surface area contributed by atoms with Gasteiger partial charge in [0.2, 0.25) is 11.6 Å². The highest BCUT2D eigenvalue weighted by molar-refractivity contribution is 6.00. The average Bonchev–Trinajstić information content (AvgIpc) is 2.71. The van der Waals surface area contributed by atoms with Gasteiger partial charge in [0, 0.05) is 35.7 Å². The lowest BCUT2D eigenvalue weighted by atomic mass is 9.43. The maximum atomic E-state index is 12.7. The summed E-state index contributed by atoms with van der Waals surface area (Å²) in [4.78, 5) is 24.9. The molecule has 0 aromatic carbocycles. The van der Waals surface area contributed by atoms with Crippen LogP contribution in [0.25, 0.3) is 0 Å². The molecule has 6 atom stereocenters. The number of carbonyl (C=O) groups excluding carboxylic acids is 2. The van der Waals surface area contributed by atoms with Crippen molar-refractivity contribution >= 4 is 11.6 Å². The Morgan fingerprint density at radius 2 is 1.41 bits per heavy atom. The molecule has 0 spiro atoms. The van der Waals surface area contributed by atoms with Gasteiger partial charge in [-0.05, 0) is 30.1 Å². The molecule has 5 unspecified atom stereocenters. The number of fused-ring (bicyclic) bond motifs is 5. The highest BCUT2D eigenvalue weighted by Crippen LogP contribution is 2.69. The summed E-state index contributed by atoms with van der Waals surface area (Å²) in [5, 5.41) is 73.0. The van der Waals surface area contributed by atoms with Crippen LogP contribution in [0.15, 0.2) is 11.3 Å². The third kappa shape index (κ3) is 2.43. The summed E-state index contributed by atoms with van der Waals surface area (Å²) >= 11 is 0. The minimum Gasteiger partial charge on any atom is -0.504 e. The number of aliphatic hydroxyl groups is 7. The van der Waals surface area contributed by atoms with E-state index in [0.717, 1.165) is 0 Å². The van der Waals surface area contributed by atoms with E-state index in [1.807, 2.05) is 6.92 Å². The molecule has 162 valence electrons. The molecule has 29 heavy (non-hydrogen) atoms. The van der Waals surface area contributed by atoms with Gasteiger partial charge < -0.3 is 35.7 Å². The van der Waals surface area contributed by atoms with Gasteiger partial charge in [-0.1, -0.05) is 20.8 Å². The fraction of sp³-hybridized carbons (Fsp3) is 0.800. The zero-order valence-corrected chi connectivity index (χ0v) is 16.6. The summed E-state index contributed by atoms with van der Waals surface area (Å²) < 4.78 is 0. The van der Waals surface area contributed by atoms with Crippen LogP contribution in [0.4, 0.5) is 0 Å². The second-order valence-electron chi connectivity index (χ2n) is 10.2. The quantitative estimate of drug-likeness (QED) is 0.248. The van der Waals surface area contributed by atoms with E-state index in [-0.39, 0.29) is 30.8 Å². The largest absolute Gasteiger partial charge is 0.504 e. The van der Waals surface area contributed by atoms with Crippen LogP contribution < -0.4 is 0 Å². The number of rotatable bonds is 0. The molecule has 4 aliphatic carbocycles. The summed E-state index contributed by atoms with van der Waals surface area (Å²) in [6.07, 6.45) is -0.854. The Morgan fingerprint density at radius 1 is 0.828 bits per heavy atom. The van der Waals surface area contributed by atoms with E-state index < -0.39 is 69.7 Å². The molecule has 9 heteroatoms. The number of carbonyl (C=O) groups is 2. The molecule has 3 fully saturated rings. The summed E-state index contributed by atoms with van der Waals surface area (Å²) in [7, 11) is 0. The molecule has 0 heterocycles. The number of Topliss-reactive ketones (excluding diaryl/α,β-unsaturated/α-hetero) is 2. The van der Waals surface area contributed by atoms with Gasteiger partial charge in [-0.15, -0.1) is 0 Å². The minimum atomic E-state index is -2.87. The normalized spacial score (nSPS) is 47.5. The molecule has 4 rings (SSSR count). The van der Waals surface area contributed by atoms with Crippen LogP contribution >= 0.6 is 0 Å². The average molecular weight is 412 g/mol. The van der Waals surface area contributed by atoms with Gasteiger partial charge in [0.1, 0.15) is 0 Å². The van der Waals surface area contributed by atoms with Crippen molar-refractivity contribution in [3.63, 3.8) is 0 Å².